The molecule has 1 aliphatic heterocycles. The second kappa shape index (κ2) is 6.26. The summed E-state index contributed by atoms with van der Waals surface area (Å²) in [5.74, 6) is 0.184. The van der Waals surface area contributed by atoms with Gasteiger partial charge >= 0.3 is 6.03 Å². The Bertz CT molecular complexity index is 458. The number of piperidine rings is 1. The van der Waals surface area contributed by atoms with Crippen LogP contribution in [0.5, 0.6) is 0 Å². The van der Waals surface area contributed by atoms with Gasteiger partial charge in [0.15, 0.2) is 0 Å². The summed E-state index contributed by atoms with van der Waals surface area (Å²) < 4.78 is 1.72. The number of hydrogen-bond acceptors (Lipinski definition) is 3. The molecule has 2 N–H and O–H groups in total. The van der Waals surface area contributed by atoms with Gasteiger partial charge in [0, 0.05) is 37.8 Å². The molecular formula is C14H24N4O2. The topological polar surface area (TPSA) is 70.4 Å². The zero-order chi connectivity index (χ0) is 14.7. The molecule has 1 aromatic heterocycles. The third kappa shape index (κ3) is 3.50. The van der Waals surface area contributed by atoms with Crippen molar-refractivity contribution in [2.75, 3.05) is 13.1 Å². The molecule has 0 bridgehead atoms. The zero-order valence-corrected chi connectivity index (χ0v) is 12.4. The molecule has 0 radical (unpaired) electrons. The van der Waals surface area contributed by atoms with Crippen LogP contribution in [0, 0.1) is 5.92 Å². The van der Waals surface area contributed by atoms with Gasteiger partial charge in [0.2, 0.25) is 0 Å². The van der Waals surface area contributed by atoms with Crippen LogP contribution in [0.3, 0.4) is 0 Å². The summed E-state index contributed by atoms with van der Waals surface area (Å²) in [4.78, 5) is 14.1. The number of carbonyl (C=O) groups excluding carboxylic acids is 1. The number of aromatic nitrogens is 2. The fourth-order valence-corrected chi connectivity index (χ4v) is 2.61. The Kier molecular flexibility index (Phi) is 4.65. The molecule has 0 spiro atoms. The summed E-state index contributed by atoms with van der Waals surface area (Å²) in [6.45, 7) is 5.13. The molecule has 3 unspecified atom stereocenters. The van der Waals surface area contributed by atoms with E-state index in [0.717, 1.165) is 24.9 Å². The molecule has 0 saturated carbocycles. The van der Waals surface area contributed by atoms with Gasteiger partial charge < -0.3 is 15.3 Å². The predicted molar refractivity (Wildman–Crippen MR) is 76.1 cm³/mol. The number of urea groups is 1. The van der Waals surface area contributed by atoms with Crippen LogP contribution >= 0.6 is 0 Å². The number of likely N-dealkylation sites (tertiary alicyclic amines) is 1. The molecule has 112 valence electrons. The Labute approximate surface area is 119 Å². The molecule has 1 aromatic rings. The third-order valence-electron chi connectivity index (χ3n) is 3.99. The lowest BCUT2D eigenvalue weighted by Gasteiger charge is -2.34. The van der Waals surface area contributed by atoms with E-state index in [2.05, 4.69) is 10.4 Å². The first-order valence-electron chi connectivity index (χ1n) is 7.19. The van der Waals surface area contributed by atoms with Crippen molar-refractivity contribution < 1.29 is 9.90 Å². The standard InChI is InChI=1S/C14H24N4O2/c1-10(13-7-15-17(3)8-13)16-14(20)18-6-4-5-12(9-18)11(2)19/h7-8,10-12,19H,4-6,9H2,1-3H3,(H,16,20). The minimum Gasteiger partial charge on any atom is -0.393 e. The summed E-state index contributed by atoms with van der Waals surface area (Å²) in [6.07, 6.45) is 5.24. The summed E-state index contributed by atoms with van der Waals surface area (Å²) in [5.41, 5.74) is 0.991. The molecule has 2 heterocycles. The number of hydrogen-bond donors (Lipinski definition) is 2. The van der Waals surface area contributed by atoms with Gasteiger partial charge in [0.25, 0.3) is 0 Å². The van der Waals surface area contributed by atoms with E-state index >= 15 is 0 Å². The van der Waals surface area contributed by atoms with Crippen molar-refractivity contribution in [3.8, 4) is 0 Å². The van der Waals surface area contributed by atoms with E-state index in [0.29, 0.717) is 6.54 Å². The van der Waals surface area contributed by atoms with Gasteiger partial charge in [0.05, 0.1) is 18.3 Å². The minimum atomic E-state index is -0.360. The van der Waals surface area contributed by atoms with Crippen molar-refractivity contribution in [2.24, 2.45) is 13.0 Å². The van der Waals surface area contributed by atoms with E-state index in [1.807, 2.05) is 20.2 Å². The Balaban J connectivity index is 1.91. The Morgan fingerprint density at radius 2 is 2.30 bits per heavy atom. The van der Waals surface area contributed by atoms with Crippen molar-refractivity contribution in [3.05, 3.63) is 18.0 Å². The maximum atomic E-state index is 12.3. The molecule has 0 aliphatic carbocycles. The van der Waals surface area contributed by atoms with Crippen LogP contribution in [-0.2, 0) is 7.05 Å². The Morgan fingerprint density at radius 1 is 1.55 bits per heavy atom. The van der Waals surface area contributed by atoms with Crippen molar-refractivity contribution in [1.29, 1.82) is 0 Å². The molecule has 1 saturated heterocycles. The number of aliphatic hydroxyl groups excluding tert-OH is 1. The van der Waals surface area contributed by atoms with Gasteiger partial charge in [-0.05, 0) is 26.7 Å². The van der Waals surface area contributed by atoms with Crippen LogP contribution in [0.4, 0.5) is 4.79 Å². The zero-order valence-electron chi connectivity index (χ0n) is 12.4. The number of carbonyl (C=O) groups is 1. The van der Waals surface area contributed by atoms with Crippen LogP contribution in [0.1, 0.15) is 38.3 Å². The van der Waals surface area contributed by atoms with E-state index in [9.17, 15) is 9.90 Å². The molecule has 0 aromatic carbocycles. The SMILES string of the molecule is CC(NC(=O)N1CCCC(C(C)O)C1)c1cnn(C)c1. The van der Waals surface area contributed by atoms with E-state index in [-0.39, 0.29) is 24.1 Å². The summed E-state index contributed by atoms with van der Waals surface area (Å²) in [7, 11) is 1.86. The van der Waals surface area contributed by atoms with E-state index in [4.69, 9.17) is 0 Å². The first-order valence-corrected chi connectivity index (χ1v) is 7.19. The fraction of sp³-hybridized carbons (Fsp3) is 0.714. The van der Waals surface area contributed by atoms with Gasteiger partial charge in [-0.2, -0.15) is 5.10 Å². The van der Waals surface area contributed by atoms with Gasteiger partial charge in [0.1, 0.15) is 0 Å². The highest BCUT2D eigenvalue weighted by Crippen LogP contribution is 2.20. The normalized spacial score (nSPS) is 22.4. The Hall–Kier alpha value is -1.56. The van der Waals surface area contributed by atoms with E-state index < -0.39 is 0 Å². The largest absolute Gasteiger partial charge is 0.393 e. The Morgan fingerprint density at radius 3 is 2.90 bits per heavy atom. The molecule has 20 heavy (non-hydrogen) atoms. The van der Waals surface area contributed by atoms with Crippen LogP contribution in [0.2, 0.25) is 0 Å². The van der Waals surface area contributed by atoms with Gasteiger partial charge in [-0.15, -0.1) is 0 Å². The average molecular weight is 280 g/mol. The minimum absolute atomic E-state index is 0.0632. The molecule has 2 amide bonds. The summed E-state index contributed by atoms with van der Waals surface area (Å²) in [5, 5.41) is 16.8. The molecular weight excluding hydrogens is 256 g/mol. The predicted octanol–water partition coefficient (Wildman–Crippen LogP) is 1.28. The van der Waals surface area contributed by atoms with Crippen molar-refractivity contribution in [2.45, 2.75) is 38.8 Å². The van der Waals surface area contributed by atoms with Crippen LogP contribution in [-0.4, -0.2) is 45.0 Å². The van der Waals surface area contributed by atoms with Gasteiger partial charge in [-0.3, -0.25) is 4.68 Å². The second-order valence-corrected chi connectivity index (χ2v) is 5.71. The fourth-order valence-electron chi connectivity index (χ4n) is 2.61. The number of nitrogens with zero attached hydrogens (tertiary/aromatic N) is 3. The summed E-state index contributed by atoms with van der Waals surface area (Å²) >= 11 is 0. The van der Waals surface area contributed by atoms with Gasteiger partial charge in [-0.25, -0.2) is 4.79 Å². The summed E-state index contributed by atoms with van der Waals surface area (Å²) in [6, 6.07) is -0.130. The van der Waals surface area contributed by atoms with E-state index in [1.165, 1.54) is 0 Å². The van der Waals surface area contributed by atoms with Crippen LogP contribution < -0.4 is 5.32 Å². The first kappa shape index (κ1) is 14.8. The lowest BCUT2D eigenvalue weighted by Crippen LogP contribution is -2.47. The number of nitrogens with one attached hydrogen (secondary N) is 1. The molecule has 2 rings (SSSR count). The highest BCUT2D eigenvalue weighted by atomic mass is 16.3. The maximum Gasteiger partial charge on any atom is 0.317 e. The lowest BCUT2D eigenvalue weighted by molar-refractivity contribution is 0.0734. The number of amides is 2. The molecule has 1 aliphatic rings. The van der Waals surface area contributed by atoms with Crippen LogP contribution in [0.15, 0.2) is 12.4 Å². The van der Waals surface area contributed by atoms with Crippen molar-refractivity contribution >= 4 is 6.03 Å². The smallest absolute Gasteiger partial charge is 0.317 e. The van der Waals surface area contributed by atoms with Gasteiger partial charge in [-0.1, -0.05) is 0 Å². The number of aliphatic hydroxyl groups is 1. The van der Waals surface area contributed by atoms with Crippen molar-refractivity contribution in [3.63, 3.8) is 0 Å². The average Bonchev–Trinajstić information content (AvgIpc) is 2.85. The van der Waals surface area contributed by atoms with Crippen molar-refractivity contribution in [1.82, 2.24) is 20.0 Å². The number of aryl methyl sites for hydroxylation is 1. The maximum absolute atomic E-state index is 12.3. The quantitative estimate of drug-likeness (QED) is 0.876. The second-order valence-electron chi connectivity index (χ2n) is 5.71. The molecule has 6 heteroatoms. The molecule has 6 nitrogen and oxygen atoms in total. The monoisotopic (exact) mass is 280 g/mol. The number of rotatable bonds is 3. The third-order valence-corrected chi connectivity index (χ3v) is 3.99. The van der Waals surface area contributed by atoms with Crippen LogP contribution in [0.25, 0.3) is 0 Å². The lowest BCUT2D eigenvalue weighted by atomic mass is 9.94. The molecule has 3 atom stereocenters. The first-order chi connectivity index (χ1) is 9.47. The highest BCUT2D eigenvalue weighted by Gasteiger charge is 2.27. The molecule has 1 fully saturated rings. The highest BCUT2D eigenvalue weighted by molar-refractivity contribution is 5.74. The van der Waals surface area contributed by atoms with E-state index in [1.54, 1.807) is 22.7 Å².